The first-order chi connectivity index (χ1) is 16.9. The van der Waals surface area contributed by atoms with Crippen molar-refractivity contribution >= 4 is 23.3 Å². The molecule has 9 nitrogen and oxygen atoms in total. The van der Waals surface area contributed by atoms with Gasteiger partial charge in [-0.25, -0.2) is 0 Å². The maximum atomic E-state index is 13.3. The van der Waals surface area contributed by atoms with E-state index >= 15 is 0 Å². The van der Waals surface area contributed by atoms with Gasteiger partial charge in [-0.2, -0.15) is 0 Å². The highest BCUT2D eigenvalue weighted by Crippen LogP contribution is 2.45. The van der Waals surface area contributed by atoms with E-state index in [1.54, 1.807) is 55.5 Å². The predicted molar refractivity (Wildman–Crippen MR) is 128 cm³/mol. The van der Waals surface area contributed by atoms with E-state index < -0.39 is 17.7 Å². The molecule has 1 aliphatic rings. The maximum absolute atomic E-state index is 13.3. The molecule has 180 valence electrons. The Labute approximate surface area is 201 Å². The highest BCUT2D eigenvalue weighted by atomic mass is 16.5. The zero-order chi connectivity index (χ0) is 25.1. The molecule has 9 heteroatoms. The van der Waals surface area contributed by atoms with E-state index in [9.17, 15) is 14.7 Å². The van der Waals surface area contributed by atoms with Gasteiger partial charge in [0.2, 0.25) is 0 Å². The molecule has 1 aliphatic heterocycles. The van der Waals surface area contributed by atoms with Crippen LogP contribution < -0.4 is 19.1 Å². The fourth-order valence-electron chi connectivity index (χ4n) is 3.90. The van der Waals surface area contributed by atoms with Crippen molar-refractivity contribution in [2.24, 2.45) is 0 Å². The molecule has 0 aliphatic carbocycles. The van der Waals surface area contributed by atoms with Crippen LogP contribution in [0.3, 0.4) is 0 Å². The highest BCUT2D eigenvalue weighted by molar-refractivity contribution is 6.51. The molecule has 0 spiro atoms. The number of aliphatic hydroxyl groups excluding tert-OH is 1. The monoisotopic (exact) mass is 476 g/mol. The van der Waals surface area contributed by atoms with Gasteiger partial charge in [0.1, 0.15) is 41.4 Å². The maximum Gasteiger partial charge on any atom is 0.301 e. The largest absolute Gasteiger partial charge is 0.507 e. The Kier molecular flexibility index (Phi) is 6.59. The lowest BCUT2D eigenvalue weighted by atomic mass is 9.94. The quantitative estimate of drug-likeness (QED) is 0.223. The van der Waals surface area contributed by atoms with Crippen molar-refractivity contribution in [3.8, 4) is 17.2 Å². The van der Waals surface area contributed by atoms with Crippen molar-refractivity contribution in [1.29, 1.82) is 0 Å². The van der Waals surface area contributed by atoms with Gasteiger partial charge in [0, 0.05) is 17.2 Å². The molecule has 1 N–H and O–H groups in total. The van der Waals surface area contributed by atoms with E-state index in [4.69, 9.17) is 18.7 Å². The van der Waals surface area contributed by atoms with Crippen molar-refractivity contribution in [2.45, 2.75) is 13.0 Å². The van der Waals surface area contributed by atoms with Gasteiger partial charge in [-0.1, -0.05) is 17.8 Å². The molecule has 1 fully saturated rings. The first-order valence-electron chi connectivity index (χ1n) is 10.7. The fraction of sp³-hybridized carbons (Fsp3) is 0.192. The van der Waals surface area contributed by atoms with Crippen LogP contribution in [0.1, 0.15) is 22.9 Å². The third-order valence-electron chi connectivity index (χ3n) is 5.53. The van der Waals surface area contributed by atoms with Crippen LogP contribution in [0, 0.1) is 6.92 Å². The van der Waals surface area contributed by atoms with Crippen molar-refractivity contribution in [1.82, 2.24) is 5.16 Å². The summed E-state index contributed by atoms with van der Waals surface area (Å²) >= 11 is 0. The number of amides is 1. The van der Waals surface area contributed by atoms with E-state index in [2.05, 4.69) is 11.7 Å². The second kappa shape index (κ2) is 9.76. The molecule has 1 amide bonds. The number of ether oxygens (including phenoxy) is 3. The van der Waals surface area contributed by atoms with Crippen molar-refractivity contribution in [3.63, 3.8) is 0 Å². The first kappa shape index (κ1) is 23.6. The minimum Gasteiger partial charge on any atom is -0.507 e. The minimum atomic E-state index is -1.05. The number of rotatable bonds is 8. The van der Waals surface area contributed by atoms with Crippen LogP contribution in [0.4, 0.5) is 5.82 Å². The number of methoxy groups -OCH3 is 2. The highest BCUT2D eigenvalue weighted by Gasteiger charge is 2.49. The summed E-state index contributed by atoms with van der Waals surface area (Å²) in [6.45, 7) is 5.60. The van der Waals surface area contributed by atoms with Gasteiger partial charge in [-0.15, -0.1) is 0 Å². The molecule has 1 saturated heterocycles. The van der Waals surface area contributed by atoms with E-state index in [-0.39, 0.29) is 17.2 Å². The summed E-state index contributed by atoms with van der Waals surface area (Å²) in [6.07, 6.45) is 1.61. The van der Waals surface area contributed by atoms with Crippen molar-refractivity contribution in [2.75, 3.05) is 25.7 Å². The zero-order valence-electron chi connectivity index (χ0n) is 19.5. The number of hydrogen-bond donors (Lipinski definition) is 1. The van der Waals surface area contributed by atoms with E-state index in [0.29, 0.717) is 40.7 Å². The summed E-state index contributed by atoms with van der Waals surface area (Å²) in [5.74, 6) is -0.0682. The van der Waals surface area contributed by atoms with Crippen LogP contribution in [0.5, 0.6) is 17.2 Å². The van der Waals surface area contributed by atoms with Crippen LogP contribution in [0.25, 0.3) is 5.76 Å². The zero-order valence-corrected chi connectivity index (χ0v) is 19.5. The molecule has 1 atom stereocenters. The summed E-state index contributed by atoms with van der Waals surface area (Å²) in [7, 11) is 2.97. The molecular formula is C26H24N2O7. The van der Waals surface area contributed by atoms with Crippen LogP contribution in [-0.2, 0) is 9.59 Å². The number of aromatic nitrogens is 1. The Morgan fingerprint density at radius 2 is 1.83 bits per heavy atom. The lowest BCUT2D eigenvalue weighted by molar-refractivity contribution is -0.132. The third kappa shape index (κ3) is 4.35. The number of Topliss-reactive ketones (excluding diaryl/α,β-unsaturated/α-hetero) is 1. The Hall–Kier alpha value is -4.53. The fourth-order valence-corrected chi connectivity index (χ4v) is 3.90. The number of aliphatic hydroxyl groups is 1. The number of hydrogen-bond acceptors (Lipinski definition) is 8. The average molecular weight is 476 g/mol. The SMILES string of the molecule is C=CCOc1ccc(/C(O)=C2\C(=O)C(=O)N(c3cc(C)on3)[C@H]2c2cc(OC)ccc2OC)cc1. The molecule has 1 aromatic heterocycles. The van der Waals surface area contributed by atoms with Gasteiger partial charge in [0.05, 0.1) is 19.8 Å². The summed E-state index contributed by atoms with van der Waals surface area (Å²) in [5, 5.41) is 15.2. The molecule has 0 radical (unpaired) electrons. The normalized spacial score (nSPS) is 16.9. The number of anilines is 1. The second-order valence-electron chi connectivity index (χ2n) is 7.70. The Morgan fingerprint density at radius 1 is 1.11 bits per heavy atom. The number of ketones is 1. The van der Waals surface area contributed by atoms with Crippen molar-refractivity contribution < 1.29 is 33.4 Å². The van der Waals surface area contributed by atoms with E-state index in [1.165, 1.54) is 25.2 Å². The molecule has 2 aromatic carbocycles. The summed E-state index contributed by atoms with van der Waals surface area (Å²) in [6, 6.07) is 12.0. The standard InChI is InChI=1S/C26H24N2O7/c1-5-12-34-17-8-6-16(7-9-17)24(29)22-23(19-14-18(32-3)10-11-20(19)33-4)28(26(31)25(22)30)21-13-15(2)35-27-21/h5-11,13-14,23,29H,1,12H2,2-4H3/b24-22+/t23-/m0/s1. The molecule has 35 heavy (non-hydrogen) atoms. The van der Waals surface area contributed by atoms with Gasteiger partial charge in [-0.3, -0.25) is 14.5 Å². The average Bonchev–Trinajstić information content (AvgIpc) is 3.42. The molecule has 0 bridgehead atoms. The predicted octanol–water partition coefficient (Wildman–Crippen LogP) is 4.19. The van der Waals surface area contributed by atoms with Crippen LogP contribution in [-0.4, -0.2) is 42.8 Å². The minimum absolute atomic E-state index is 0.123. The lowest BCUT2D eigenvalue weighted by Crippen LogP contribution is -2.30. The molecule has 2 heterocycles. The number of aryl methyl sites for hydroxylation is 1. The van der Waals surface area contributed by atoms with Gasteiger partial charge >= 0.3 is 5.91 Å². The van der Waals surface area contributed by atoms with Crippen molar-refractivity contribution in [3.05, 3.63) is 83.6 Å². The smallest absolute Gasteiger partial charge is 0.301 e. The number of carbonyl (C=O) groups is 2. The summed E-state index contributed by atoms with van der Waals surface area (Å²) in [5.41, 5.74) is 0.637. The molecular weight excluding hydrogens is 452 g/mol. The second-order valence-corrected chi connectivity index (χ2v) is 7.70. The van der Waals surface area contributed by atoms with E-state index in [1.807, 2.05) is 0 Å². The molecule has 4 rings (SSSR count). The first-order valence-corrected chi connectivity index (χ1v) is 10.7. The van der Waals surface area contributed by atoms with Crippen LogP contribution >= 0.6 is 0 Å². The Bertz CT molecular complexity index is 1310. The van der Waals surface area contributed by atoms with Crippen LogP contribution in [0.2, 0.25) is 0 Å². The lowest BCUT2D eigenvalue weighted by Gasteiger charge is -2.24. The van der Waals surface area contributed by atoms with E-state index in [0.717, 1.165) is 0 Å². The third-order valence-corrected chi connectivity index (χ3v) is 5.53. The topological polar surface area (TPSA) is 111 Å². The molecule has 0 unspecified atom stereocenters. The Morgan fingerprint density at radius 3 is 2.43 bits per heavy atom. The van der Waals surface area contributed by atoms with Gasteiger partial charge < -0.3 is 23.8 Å². The molecule has 0 saturated carbocycles. The number of benzene rings is 2. The number of nitrogens with zero attached hydrogens (tertiary/aromatic N) is 2. The van der Waals surface area contributed by atoms with Gasteiger partial charge in [0.25, 0.3) is 5.78 Å². The Balaban J connectivity index is 1.92. The summed E-state index contributed by atoms with van der Waals surface area (Å²) in [4.78, 5) is 27.7. The van der Waals surface area contributed by atoms with Gasteiger partial charge in [0.15, 0.2) is 5.82 Å². The summed E-state index contributed by atoms with van der Waals surface area (Å²) < 4.78 is 21.5. The molecule has 3 aromatic rings. The van der Waals surface area contributed by atoms with Crippen LogP contribution in [0.15, 0.2) is 71.3 Å². The number of carbonyl (C=O) groups excluding carboxylic acids is 2. The van der Waals surface area contributed by atoms with Gasteiger partial charge in [-0.05, 0) is 49.4 Å².